The maximum atomic E-state index is 11.9. The third-order valence-corrected chi connectivity index (χ3v) is 2.85. The summed E-state index contributed by atoms with van der Waals surface area (Å²) in [5, 5.41) is 13.0. The van der Waals surface area contributed by atoms with Gasteiger partial charge in [-0.2, -0.15) is 10.1 Å². The highest BCUT2D eigenvalue weighted by Crippen LogP contribution is 2.42. The Kier molecular flexibility index (Phi) is 2.47. The Morgan fingerprint density at radius 2 is 2.44 bits per heavy atom. The van der Waals surface area contributed by atoms with Gasteiger partial charge in [-0.1, -0.05) is 5.16 Å². The molecule has 1 aliphatic carbocycles. The fourth-order valence-corrected chi connectivity index (χ4v) is 1.73. The zero-order valence-electron chi connectivity index (χ0n) is 9.51. The third-order valence-electron chi connectivity index (χ3n) is 2.85. The smallest absolute Gasteiger partial charge is 0.274 e. The molecule has 18 heavy (non-hydrogen) atoms. The molecule has 94 valence electrons. The van der Waals surface area contributed by atoms with Crippen molar-refractivity contribution in [3.8, 4) is 0 Å². The summed E-state index contributed by atoms with van der Waals surface area (Å²) in [6.07, 6.45) is 3.39. The maximum absolute atomic E-state index is 11.9. The summed E-state index contributed by atoms with van der Waals surface area (Å²) in [5.74, 6) is 0.483. The zero-order valence-corrected chi connectivity index (χ0v) is 9.51. The van der Waals surface area contributed by atoms with Gasteiger partial charge in [0.05, 0.1) is 17.9 Å². The van der Waals surface area contributed by atoms with Gasteiger partial charge >= 0.3 is 0 Å². The largest absolute Gasteiger partial charge is 0.395 e. The lowest BCUT2D eigenvalue weighted by Crippen LogP contribution is -2.24. The van der Waals surface area contributed by atoms with Crippen LogP contribution in [0.2, 0.25) is 0 Å². The second kappa shape index (κ2) is 4.13. The number of H-pyrrole nitrogens is 1. The van der Waals surface area contributed by atoms with Crippen LogP contribution in [0.5, 0.6) is 0 Å². The van der Waals surface area contributed by atoms with Crippen molar-refractivity contribution in [3.63, 3.8) is 0 Å². The summed E-state index contributed by atoms with van der Waals surface area (Å²) >= 11 is 0. The minimum atomic E-state index is -0.347. The molecule has 2 heterocycles. The summed E-state index contributed by atoms with van der Waals surface area (Å²) in [6, 6.07) is 0. The van der Waals surface area contributed by atoms with E-state index in [1.165, 1.54) is 6.39 Å². The number of nitrogens with two attached hydrogens (primary N) is 1. The van der Waals surface area contributed by atoms with Crippen molar-refractivity contribution in [1.29, 1.82) is 0 Å². The van der Waals surface area contributed by atoms with E-state index in [2.05, 4.69) is 30.2 Å². The monoisotopic (exact) mass is 248 g/mol. The molecule has 0 bridgehead atoms. The van der Waals surface area contributed by atoms with Crippen molar-refractivity contribution in [2.45, 2.75) is 25.3 Å². The fraction of sp³-hybridized carbons (Fsp3) is 0.400. The molecular weight excluding hydrogens is 236 g/mol. The van der Waals surface area contributed by atoms with E-state index in [1.807, 2.05) is 0 Å². The minimum Gasteiger partial charge on any atom is -0.395 e. The lowest BCUT2D eigenvalue weighted by Gasteiger charge is -2.00. The van der Waals surface area contributed by atoms with Gasteiger partial charge in [0.1, 0.15) is 0 Å². The summed E-state index contributed by atoms with van der Waals surface area (Å²) in [6.45, 7) is 0.181. The Labute approximate surface area is 102 Å². The number of anilines is 1. The van der Waals surface area contributed by atoms with Gasteiger partial charge in [-0.25, -0.2) is 0 Å². The van der Waals surface area contributed by atoms with Crippen molar-refractivity contribution in [1.82, 2.24) is 25.7 Å². The molecule has 8 nitrogen and oxygen atoms in total. The van der Waals surface area contributed by atoms with Gasteiger partial charge in [0, 0.05) is 5.92 Å². The number of rotatable bonds is 4. The SMILES string of the molecule is Nc1c(C(=O)NCc2ncon2)n[nH]c1C1CC1. The second-order valence-corrected chi connectivity index (χ2v) is 4.20. The number of carbonyl (C=O) groups excluding carboxylic acids is 1. The summed E-state index contributed by atoms with van der Waals surface area (Å²) in [5.41, 5.74) is 7.41. The maximum Gasteiger partial charge on any atom is 0.274 e. The van der Waals surface area contributed by atoms with Gasteiger partial charge in [0.25, 0.3) is 5.91 Å². The molecule has 0 aromatic carbocycles. The first-order chi connectivity index (χ1) is 8.75. The van der Waals surface area contributed by atoms with E-state index in [-0.39, 0.29) is 18.1 Å². The van der Waals surface area contributed by atoms with E-state index in [1.54, 1.807) is 0 Å². The Balaban J connectivity index is 1.68. The number of hydrogen-bond acceptors (Lipinski definition) is 6. The average molecular weight is 248 g/mol. The molecule has 0 unspecified atom stereocenters. The van der Waals surface area contributed by atoms with Crippen LogP contribution in [-0.4, -0.2) is 26.2 Å². The van der Waals surface area contributed by atoms with Crippen LogP contribution in [-0.2, 0) is 6.54 Å². The first kappa shape index (κ1) is 10.8. The molecule has 0 saturated heterocycles. The number of nitrogens with zero attached hydrogens (tertiary/aromatic N) is 3. The average Bonchev–Trinajstić information content (AvgIpc) is 2.93. The van der Waals surface area contributed by atoms with E-state index in [4.69, 9.17) is 5.73 Å². The van der Waals surface area contributed by atoms with Gasteiger partial charge in [0.2, 0.25) is 6.39 Å². The van der Waals surface area contributed by atoms with Crippen molar-refractivity contribution in [2.24, 2.45) is 0 Å². The number of amides is 1. The number of carbonyl (C=O) groups is 1. The molecule has 2 aromatic rings. The minimum absolute atomic E-state index is 0.181. The highest BCUT2D eigenvalue weighted by Gasteiger charge is 2.30. The normalized spacial score (nSPS) is 14.7. The predicted octanol–water partition coefficient (Wildman–Crippen LogP) is 0.182. The number of hydrogen-bond donors (Lipinski definition) is 3. The number of aromatic nitrogens is 4. The Morgan fingerprint density at radius 3 is 3.11 bits per heavy atom. The van der Waals surface area contributed by atoms with Gasteiger partial charge in [-0.3, -0.25) is 9.89 Å². The predicted molar refractivity (Wildman–Crippen MR) is 60.4 cm³/mol. The van der Waals surface area contributed by atoms with Crippen LogP contribution in [0.3, 0.4) is 0 Å². The molecular formula is C10H12N6O2. The quantitative estimate of drug-likeness (QED) is 0.709. The fourth-order valence-electron chi connectivity index (χ4n) is 1.73. The number of nitrogen functional groups attached to an aromatic ring is 1. The molecule has 2 aromatic heterocycles. The van der Waals surface area contributed by atoms with Crippen LogP contribution >= 0.6 is 0 Å². The highest BCUT2D eigenvalue weighted by molar-refractivity contribution is 5.97. The van der Waals surface area contributed by atoms with E-state index in [9.17, 15) is 4.79 Å². The van der Waals surface area contributed by atoms with Crippen LogP contribution in [0.4, 0.5) is 5.69 Å². The molecule has 0 spiro atoms. The Hall–Kier alpha value is -2.38. The van der Waals surface area contributed by atoms with Crippen LogP contribution < -0.4 is 11.1 Å². The topological polar surface area (TPSA) is 123 Å². The van der Waals surface area contributed by atoms with E-state index in [0.717, 1.165) is 18.5 Å². The summed E-state index contributed by atoms with van der Waals surface area (Å²) in [7, 11) is 0. The lowest BCUT2D eigenvalue weighted by atomic mass is 10.2. The van der Waals surface area contributed by atoms with Crippen LogP contribution in [0.15, 0.2) is 10.9 Å². The zero-order chi connectivity index (χ0) is 12.5. The molecule has 1 aliphatic rings. The molecule has 1 fully saturated rings. The molecule has 0 atom stereocenters. The van der Waals surface area contributed by atoms with Crippen molar-refractivity contribution < 1.29 is 9.32 Å². The van der Waals surface area contributed by atoms with Crippen molar-refractivity contribution >= 4 is 11.6 Å². The van der Waals surface area contributed by atoms with Gasteiger partial charge in [0.15, 0.2) is 11.5 Å². The van der Waals surface area contributed by atoms with Crippen LogP contribution in [0.25, 0.3) is 0 Å². The van der Waals surface area contributed by atoms with Gasteiger partial charge in [-0.05, 0) is 12.8 Å². The standard InChI is InChI=1S/C10H12N6O2/c11-7-8(5-1-2-5)14-15-9(7)10(17)12-3-6-13-4-18-16-6/h4-5H,1-3,11H2,(H,12,17)(H,14,15). The Bertz CT molecular complexity index is 557. The molecule has 1 saturated carbocycles. The van der Waals surface area contributed by atoms with Gasteiger partial charge in [-0.15, -0.1) is 0 Å². The Morgan fingerprint density at radius 1 is 1.61 bits per heavy atom. The van der Waals surface area contributed by atoms with Crippen molar-refractivity contribution in [2.75, 3.05) is 5.73 Å². The number of aromatic amines is 1. The molecule has 0 aliphatic heterocycles. The first-order valence-corrected chi connectivity index (χ1v) is 5.63. The molecule has 8 heteroatoms. The van der Waals surface area contributed by atoms with Gasteiger partial charge < -0.3 is 15.6 Å². The molecule has 0 radical (unpaired) electrons. The third kappa shape index (κ3) is 1.92. The van der Waals surface area contributed by atoms with Crippen molar-refractivity contribution in [3.05, 3.63) is 23.6 Å². The first-order valence-electron chi connectivity index (χ1n) is 5.63. The summed E-state index contributed by atoms with van der Waals surface area (Å²) in [4.78, 5) is 15.7. The molecule has 4 N–H and O–H groups in total. The van der Waals surface area contributed by atoms with E-state index < -0.39 is 0 Å². The number of nitrogens with one attached hydrogen (secondary N) is 2. The van der Waals surface area contributed by atoms with Crippen LogP contribution in [0, 0.1) is 0 Å². The second-order valence-electron chi connectivity index (χ2n) is 4.20. The molecule has 3 rings (SSSR count). The van der Waals surface area contributed by atoms with E-state index in [0.29, 0.717) is 17.4 Å². The van der Waals surface area contributed by atoms with Crippen LogP contribution in [0.1, 0.15) is 40.8 Å². The molecule has 1 amide bonds. The highest BCUT2D eigenvalue weighted by atomic mass is 16.5. The lowest BCUT2D eigenvalue weighted by molar-refractivity contribution is 0.0945. The van der Waals surface area contributed by atoms with E-state index >= 15 is 0 Å². The summed E-state index contributed by atoms with van der Waals surface area (Å²) < 4.78 is 4.56.